The average Bonchev–Trinajstić information content (AvgIpc) is 0. The minimum Gasteiger partial charge on any atom is 0 e. The van der Waals surface area contributed by atoms with Gasteiger partial charge in [-0.1, -0.05) is 0 Å². The van der Waals surface area contributed by atoms with Crippen molar-refractivity contribution in [3.63, 3.8) is 0 Å². The summed E-state index contributed by atoms with van der Waals surface area (Å²) >= 11 is 0. The van der Waals surface area contributed by atoms with Gasteiger partial charge in [0.25, 0.3) is 0 Å². The minimum atomic E-state index is 0. The van der Waals surface area contributed by atoms with Gasteiger partial charge in [0.2, 0.25) is 0 Å². The summed E-state index contributed by atoms with van der Waals surface area (Å²) in [5.41, 5.74) is 0. The Bertz CT molecular complexity index is 0. The first kappa shape index (κ1) is 543. The fraction of sp³-hybridized carbons (Fsp3) is 0. The van der Waals surface area contributed by atoms with E-state index < -0.39 is 0 Å². The molecule has 0 N–H and O–H groups in total. The van der Waals surface area contributed by atoms with Gasteiger partial charge in [0, 0.05) is 2930 Å². The van der Waals surface area contributed by atoms with Crippen molar-refractivity contribution in [2.24, 2.45) is 0 Å². The second kappa shape index (κ2) is 533. The van der Waals surface area contributed by atoms with Crippen LogP contribution in [0.5, 0.6) is 0 Å². The van der Waals surface area contributed by atoms with E-state index in [4.69, 9.17) is 0 Å². The fourth-order valence-electron chi connectivity index (χ4n) is 0. The normalized spacial score (nSPS) is 0. The van der Waals surface area contributed by atoms with Gasteiger partial charge in [-0.25, -0.2) is 0 Å². The Hall–Kier alpha value is 97.7. The number of hydrogen-bond donors (Lipinski definition) is 0. The summed E-state index contributed by atoms with van der Waals surface area (Å²) in [6, 6.07) is 0. The first-order valence-electron chi connectivity index (χ1n) is 0. The van der Waals surface area contributed by atoms with Gasteiger partial charge in [-0.15, -0.1) is 0 Å². The maximum Gasteiger partial charge on any atom is 0 e. The van der Waals surface area contributed by atoms with Crippen molar-refractivity contribution in [3.05, 3.63) is 0 Å². The predicted octanol–water partition coefficient (Wildman–Crippen LogP) is 0. The van der Waals surface area contributed by atoms with Crippen molar-refractivity contribution in [1.29, 1.82) is 0 Å². The molecule has 0 atom stereocenters. The Balaban J connectivity index is 0. The molecule has 0 nitrogen and oxygen atoms in total. The Morgan fingerprint density at radius 2 is 0.0132 bits per heavy atom. The molecule has 0 spiro atoms. The van der Waals surface area contributed by atoms with E-state index in [0.29, 0.717) is 0 Å². The van der Waals surface area contributed by atoms with Crippen LogP contribution in [0.1, 0.15) is 0 Å². The Kier molecular flexibility index (Phi) is 3810. The Morgan fingerprint density at radius 1 is 0.0132 bits per heavy atom. The van der Waals surface area contributed by atoms with Crippen LogP contribution in [0.3, 0.4) is 0 Å². The van der Waals surface area contributed by atoms with Crippen LogP contribution in [0.4, 0.5) is 0 Å². The van der Waals surface area contributed by atoms with Crippen LogP contribution in [0, 0.1) is 2930 Å². The Morgan fingerprint density at radius 3 is 0.0132 bits per heavy atom. The number of hydrogen-bond acceptors (Lipinski definition) is 0. The molecular weight excluding hydrogens is 12100 g/mol. The van der Waals surface area contributed by atoms with Crippen LogP contribution in [0.15, 0.2) is 0 Å². The molecule has 76 heavy (non-hydrogen) atoms. The molecule has 0 saturated heterocycles. The van der Waals surface area contributed by atoms with E-state index in [-0.39, 0.29) is 2930 Å². The molecule has 0 aliphatic carbocycles. The van der Waals surface area contributed by atoms with Crippen LogP contribution in [-0.2, 0) is 0 Å². The summed E-state index contributed by atoms with van der Waals surface area (Å²) in [5, 5.41) is 0. The van der Waals surface area contributed by atoms with E-state index in [1.54, 1.807) is 0 Å². The predicted molar refractivity (Wildman–Crippen MR) is 0 cm³/mol. The average molecular weight is 12100 g/mol. The summed E-state index contributed by atoms with van der Waals surface area (Å²) in [5.74, 6) is 0. The van der Waals surface area contributed by atoms with Crippen molar-refractivity contribution >= 4 is 0 Å². The minimum absolute atomic E-state index is 0. The van der Waals surface area contributed by atoms with Crippen LogP contribution in [0.2, 0.25) is 0 Å². The van der Waals surface area contributed by atoms with Crippen LogP contribution in [-0.4, -0.2) is 0 Å². The summed E-state index contributed by atoms with van der Waals surface area (Å²) in [6.07, 6.45) is 0. The molecular formula is Tb76. The summed E-state index contributed by atoms with van der Waals surface area (Å²) in [7, 11) is 0. The third-order valence-corrected chi connectivity index (χ3v) is 0. The molecule has 0 unspecified atom stereocenters. The van der Waals surface area contributed by atoms with Crippen molar-refractivity contribution in [1.82, 2.24) is 0 Å². The summed E-state index contributed by atoms with van der Waals surface area (Å²) in [6.45, 7) is 0. The molecule has 0 aromatic carbocycles. The zero-order valence-corrected chi connectivity index (χ0v) is 188. The van der Waals surface area contributed by atoms with Crippen molar-refractivity contribution in [2.45, 2.75) is 0 Å². The van der Waals surface area contributed by atoms with Crippen LogP contribution >= 0.6 is 0 Å². The molecule has 0 fully saturated rings. The summed E-state index contributed by atoms with van der Waals surface area (Å²) < 4.78 is 0. The van der Waals surface area contributed by atoms with Gasteiger partial charge in [-0.05, 0) is 0 Å². The van der Waals surface area contributed by atoms with Gasteiger partial charge >= 0.3 is 0 Å². The van der Waals surface area contributed by atoms with Crippen molar-refractivity contribution in [2.75, 3.05) is 0 Å². The van der Waals surface area contributed by atoms with E-state index in [1.807, 2.05) is 0 Å². The quantitative estimate of drug-likeness (QED) is 0.321. The third-order valence-electron chi connectivity index (χ3n) is 0. The zero-order valence-electron chi connectivity index (χ0n) is 25.3. The molecule has 76 radical (unpaired) electrons. The molecule has 0 rings (SSSR count). The molecule has 0 aliphatic heterocycles. The number of rotatable bonds is 0. The standard InChI is InChI=1S/76Tb. The van der Waals surface area contributed by atoms with Crippen molar-refractivity contribution in [3.8, 4) is 0 Å². The molecule has 0 aromatic heterocycles. The second-order valence-electron chi connectivity index (χ2n) is 0. The van der Waals surface area contributed by atoms with Crippen LogP contribution < -0.4 is 0 Å². The summed E-state index contributed by atoms with van der Waals surface area (Å²) in [4.78, 5) is 0. The fourth-order valence-corrected chi connectivity index (χ4v) is 0. The monoisotopic (exact) mass is 12100 g/mol. The maximum atomic E-state index is 0. The Labute approximate surface area is 2810 Å². The zero-order chi connectivity index (χ0) is 0. The molecule has 0 bridgehead atoms. The SMILES string of the molecule is [Tb].[Tb].[Tb].[Tb].[Tb].[Tb].[Tb].[Tb].[Tb].[Tb].[Tb].[Tb].[Tb].[Tb].[Tb].[Tb].[Tb].[Tb].[Tb].[Tb].[Tb].[Tb].[Tb].[Tb].[Tb].[Tb].[Tb].[Tb].[Tb].[Tb].[Tb].[Tb].[Tb].[Tb].[Tb].[Tb].[Tb].[Tb].[Tb].[Tb].[Tb].[Tb].[Tb].[Tb].[Tb].[Tb].[Tb].[Tb].[Tb].[Tb].[Tb].[Tb].[Tb].[Tb].[Tb].[Tb].[Tb].[Tb].[Tb].[Tb].[Tb].[Tb].[Tb].[Tb].[Tb].[Tb].[Tb].[Tb].[Tb].[Tb].[Tb].[Tb].[Tb].[Tb].[Tb].[Tb]. The van der Waals surface area contributed by atoms with Gasteiger partial charge in [0.1, 0.15) is 0 Å². The van der Waals surface area contributed by atoms with E-state index in [0.717, 1.165) is 0 Å². The molecule has 684 valence electrons. The molecule has 76 heteroatoms. The molecule has 0 aromatic rings. The van der Waals surface area contributed by atoms with Gasteiger partial charge in [-0.2, -0.15) is 0 Å². The van der Waals surface area contributed by atoms with E-state index in [2.05, 4.69) is 0 Å². The maximum absolute atomic E-state index is 0. The molecule has 0 saturated carbocycles. The first-order valence-corrected chi connectivity index (χ1v) is 0. The van der Waals surface area contributed by atoms with Gasteiger partial charge in [0.05, 0.1) is 0 Å². The molecule has 0 heterocycles. The largest absolute Gasteiger partial charge is 0 e. The van der Waals surface area contributed by atoms with E-state index >= 15 is 0 Å². The van der Waals surface area contributed by atoms with E-state index in [1.165, 1.54) is 0 Å². The molecule has 0 amide bonds. The molecule has 0 aliphatic rings. The van der Waals surface area contributed by atoms with E-state index in [9.17, 15) is 0 Å². The smallest absolute Gasteiger partial charge is 0 e. The van der Waals surface area contributed by atoms with Crippen molar-refractivity contribution < 1.29 is 2930 Å². The second-order valence-corrected chi connectivity index (χ2v) is 0. The van der Waals surface area contributed by atoms with Crippen LogP contribution in [0.25, 0.3) is 0 Å². The van der Waals surface area contributed by atoms with Gasteiger partial charge in [0.15, 0.2) is 0 Å². The topological polar surface area (TPSA) is 0 Å². The van der Waals surface area contributed by atoms with Gasteiger partial charge < -0.3 is 0 Å². The van der Waals surface area contributed by atoms with Gasteiger partial charge in [-0.3, -0.25) is 0 Å². The first-order chi connectivity index (χ1) is 0. The third kappa shape index (κ3) is 524.